The first-order chi connectivity index (χ1) is 10.7. The highest BCUT2D eigenvalue weighted by Crippen LogP contribution is 2.36. The van der Waals surface area contributed by atoms with Crippen molar-refractivity contribution in [2.75, 3.05) is 0 Å². The Morgan fingerprint density at radius 3 is 1.96 bits per heavy atom. The second kappa shape index (κ2) is 7.16. The number of rotatable bonds is 3. The van der Waals surface area contributed by atoms with E-state index in [4.69, 9.17) is 62.7 Å². The van der Waals surface area contributed by atoms with Crippen LogP contribution in [0.15, 0.2) is 24.3 Å². The fourth-order valence-electron chi connectivity index (χ4n) is 1.68. The number of halogens is 5. The summed E-state index contributed by atoms with van der Waals surface area (Å²) in [5.41, 5.74) is -0.508. The number of aromatic hydroxyl groups is 1. The zero-order valence-corrected chi connectivity index (χ0v) is 14.7. The van der Waals surface area contributed by atoms with Crippen LogP contribution >= 0.6 is 58.0 Å². The van der Waals surface area contributed by atoms with Gasteiger partial charge < -0.3 is 9.84 Å². The summed E-state index contributed by atoms with van der Waals surface area (Å²) >= 11 is 28.6. The lowest BCUT2D eigenvalue weighted by Crippen LogP contribution is -2.11. The molecule has 0 aliphatic carbocycles. The Balaban J connectivity index is 2.48. The van der Waals surface area contributed by atoms with Gasteiger partial charge in [0, 0.05) is 10.0 Å². The number of benzene rings is 2. The predicted molar refractivity (Wildman–Crippen MR) is 89.7 cm³/mol. The quantitative estimate of drug-likeness (QED) is 0.403. The van der Waals surface area contributed by atoms with Crippen LogP contribution in [0.1, 0.15) is 20.7 Å². The van der Waals surface area contributed by atoms with E-state index < -0.39 is 17.0 Å². The first-order valence-corrected chi connectivity index (χ1v) is 7.68. The lowest BCUT2D eigenvalue weighted by molar-refractivity contribution is 0.0730. The van der Waals surface area contributed by atoms with Gasteiger partial charge in [-0.3, -0.25) is 4.79 Å². The van der Waals surface area contributed by atoms with Crippen molar-refractivity contribution in [3.63, 3.8) is 0 Å². The van der Waals surface area contributed by atoms with Gasteiger partial charge in [-0.2, -0.15) is 0 Å². The molecule has 0 fully saturated rings. The number of ether oxygens (including phenoxy) is 1. The van der Waals surface area contributed by atoms with Crippen molar-refractivity contribution in [3.8, 4) is 11.5 Å². The smallest absolute Gasteiger partial charge is 0.347 e. The highest BCUT2D eigenvalue weighted by Gasteiger charge is 2.22. The predicted octanol–water partition coefficient (Wildman–Crippen LogP) is 5.60. The second-order valence-corrected chi connectivity index (χ2v) is 6.24. The third-order valence-corrected chi connectivity index (χ3v) is 3.87. The number of carbonyl (C=O) groups excluding carboxylic acids is 2. The van der Waals surface area contributed by atoms with Gasteiger partial charge in [0.2, 0.25) is 0 Å². The number of phenols is 1. The molecule has 4 nitrogen and oxygen atoms in total. The Hall–Kier alpha value is -1.17. The summed E-state index contributed by atoms with van der Waals surface area (Å²) in [6.45, 7) is 0. The van der Waals surface area contributed by atoms with E-state index in [1.807, 2.05) is 0 Å². The summed E-state index contributed by atoms with van der Waals surface area (Å²) in [7, 11) is 0. The first kappa shape index (κ1) is 18.2. The minimum atomic E-state index is -1.03. The van der Waals surface area contributed by atoms with Crippen LogP contribution in [-0.2, 0) is 0 Å². The molecule has 2 aromatic rings. The van der Waals surface area contributed by atoms with E-state index in [2.05, 4.69) is 0 Å². The summed E-state index contributed by atoms with van der Waals surface area (Å²) < 4.78 is 5.06. The molecule has 0 saturated heterocycles. The normalized spacial score (nSPS) is 10.5. The van der Waals surface area contributed by atoms with E-state index in [9.17, 15) is 14.7 Å². The molecule has 2 aromatic carbocycles. The maximum Gasteiger partial charge on any atom is 0.347 e. The highest BCUT2D eigenvalue weighted by atomic mass is 35.5. The molecule has 1 N–H and O–H groups in total. The van der Waals surface area contributed by atoms with Crippen LogP contribution in [0.25, 0.3) is 0 Å². The van der Waals surface area contributed by atoms with Crippen molar-refractivity contribution >= 4 is 69.2 Å². The van der Waals surface area contributed by atoms with Crippen molar-refractivity contribution in [3.05, 3.63) is 55.5 Å². The van der Waals surface area contributed by atoms with E-state index in [0.717, 1.165) is 6.07 Å². The SMILES string of the molecule is O=C(Oc1c(Cl)cc(Cl)cc1C(=O)Cl)c1cc(Cl)cc(Cl)c1O. The molecule has 0 saturated carbocycles. The van der Waals surface area contributed by atoms with Gasteiger partial charge in [-0.1, -0.05) is 46.4 Å². The third kappa shape index (κ3) is 4.03. The molecule has 0 aromatic heterocycles. The number of phenolic OH excluding ortho intramolecular Hbond substituents is 1. The van der Waals surface area contributed by atoms with Crippen LogP contribution in [0.5, 0.6) is 11.5 Å². The maximum absolute atomic E-state index is 12.2. The van der Waals surface area contributed by atoms with E-state index in [0.29, 0.717) is 0 Å². The Kier molecular flexibility index (Phi) is 5.65. The molecule has 9 heteroatoms. The standard InChI is InChI=1S/C14H5Cl5O4/c15-5-1-7(11(20)9(17)3-5)14(22)23-12-8(13(19)21)2-6(16)4-10(12)18/h1-4,20H. The second-order valence-electron chi connectivity index (χ2n) is 4.21. The molecule has 0 radical (unpaired) electrons. The van der Waals surface area contributed by atoms with Crippen molar-refractivity contribution < 1.29 is 19.4 Å². The van der Waals surface area contributed by atoms with E-state index >= 15 is 0 Å². The first-order valence-electron chi connectivity index (χ1n) is 5.79. The summed E-state index contributed by atoms with van der Waals surface area (Å²) in [4.78, 5) is 23.6. The van der Waals surface area contributed by atoms with Gasteiger partial charge >= 0.3 is 5.97 Å². The summed E-state index contributed by atoms with van der Waals surface area (Å²) in [5, 5.41) is 8.89. The van der Waals surface area contributed by atoms with Crippen LogP contribution in [-0.4, -0.2) is 16.3 Å². The molecule has 120 valence electrons. The third-order valence-electron chi connectivity index (χ3n) is 2.66. The van der Waals surface area contributed by atoms with Crippen molar-refractivity contribution in [2.45, 2.75) is 0 Å². The molecule has 0 amide bonds. The van der Waals surface area contributed by atoms with E-state index in [1.54, 1.807) is 0 Å². The summed E-state index contributed by atoms with van der Waals surface area (Å²) in [6, 6.07) is 4.85. The van der Waals surface area contributed by atoms with Gasteiger partial charge in [0.15, 0.2) is 5.75 Å². The monoisotopic (exact) mass is 412 g/mol. The lowest BCUT2D eigenvalue weighted by Gasteiger charge is -2.11. The van der Waals surface area contributed by atoms with Crippen molar-refractivity contribution in [2.24, 2.45) is 0 Å². The average molecular weight is 414 g/mol. The molecule has 23 heavy (non-hydrogen) atoms. The Morgan fingerprint density at radius 1 is 0.870 bits per heavy atom. The lowest BCUT2D eigenvalue weighted by atomic mass is 10.2. The molecule has 0 atom stereocenters. The minimum absolute atomic E-state index is 0.107. The topological polar surface area (TPSA) is 63.6 Å². The molecule has 0 aliphatic rings. The van der Waals surface area contributed by atoms with Crippen LogP contribution in [0, 0.1) is 0 Å². The van der Waals surface area contributed by atoms with Gasteiger partial charge in [0.1, 0.15) is 11.3 Å². The zero-order chi connectivity index (χ0) is 17.3. The maximum atomic E-state index is 12.2. The molecule has 0 aliphatic heterocycles. The Labute approximate surface area is 155 Å². The summed E-state index contributed by atoms with van der Waals surface area (Å²) in [5.74, 6) is -1.85. The minimum Gasteiger partial charge on any atom is -0.505 e. The number of esters is 1. The number of carbonyl (C=O) groups is 2. The van der Waals surface area contributed by atoms with Crippen LogP contribution in [0.3, 0.4) is 0 Å². The van der Waals surface area contributed by atoms with Crippen LogP contribution in [0.2, 0.25) is 20.1 Å². The highest BCUT2D eigenvalue weighted by molar-refractivity contribution is 6.68. The Bertz CT molecular complexity index is 819. The van der Waals surface area contributed by atoms with Crippen molar-refractivity contribution in [1.82, 2.24) is 0 Å². The molecule has 0 heterocycles. The van der Waals surface area contributed by atoms with Crippen LogP contribution in [0.4, 0.5) is 0 Å². The Morgan fingerprint density at radius 2 is 1.39 bits per heavy atom. The van der Waals surface area contributed by atoms with Gasteiger partial charge in [0.25, 0.3) is 5.24 Å². The number of hydrogen-bond acceptors (Lipinski definition) is 4. The fraction of sp³-hybridized carbons (Fsp3) is 0. The van der Waals surface area contributed by atoms with E-state index in [1.165, 1.54) is 18.2 Å². The molecule has 2 rings (SSSR count). The van der Waals surface area contributed by atoms with Crippen molar-refractivity contribution in [1.29, 1.82) is 0 Å². The molecule has 0 spiro atoms. The molecular formula is C14H5Cl5O4. The zero-order valence-electron chi connectivity index (χ0n) is 10.9. The van der Waals surface area contributed by atoms with Gasteiger partial charge in [-0.15, -0.1) is 0 Å². The van der Waals surface area contributed by atoms with Gasteiger partial charge in [-0.25, -0.2) is 4.79 Å². The van der Waals surface area contributed by atoms with Gasteiger partial charge in [-0.05, 0) is 35.9 Å². The number of hydrogen-bond donors (Lipinski definition) is 1. The molecule has 0 unspecified atom stereocenters. The molecular weight excluding hydrogens is 409 g/mol. The average Bonchev–Trinajstić information content (AvgIpc) is 2.44. The fourth-order valence-corrected chi connectivity index (χ4v) is 2.85. The molecule has 0 bridgehead atoms. The van der Waals surface area contributed by atoms with E-state index in [-0.39, 0.29) is 37.0 Å². The largest absolute Gasteiger partial charge is 0.505 e. The van der Waals surface area contributed by atoms with Crippen LogP contribution < -0.4 is 4.74 Å². The van der Waals surface area contributed by atoms with Gasteiger partial charge in [0.05, 0.1) is 15.6 Å². The summed E-state index contributed by atoms with van der Waals surface area (Å²) in [6.07, 6.45) is 0.